The van der Waals surface area contributed by atoms with Gasteiger partial charge in [0.25, 0.3) is 0 Å². The van der Waals surface area contributed by atoms with Gasteiger partial charge >= 0.3 is 0 Å². The third-order valence-corrected chi connectivity index (χ3v) is 4.09. The molecule has 3 N–H and O–H groups in total. The minimum atomic E-state index is -0.519. The van der Waals surface area contributed by atoms with Crippen molar-refractivity contribution in [1.82, 2.24) is 10.3 Å². The Hall–Kier alpha value is -2.30. The van der Waals surface area contributed by atoms with Crippen molar-refractivity contribution in [3.63, 3.8) is 0 Å². The van der Waals surface area contributed by atoms with Crippen LogP contribution in [0, 0.1) is 6.92 Å². The normalized spacial score (nSPS) is 12.4. The van der Waals surface area contributed by atoms with Gasteiger partial charge in [-0.25, -0.2) is 0 Å². The maximum absolute atomic E-state index is 10.0. The van der Waals surface area contributed by atoms with Gasteiger partial charge in [-0.2, -0.15) is 0 Å². The van der Waals surface area contributed by atoms with Crippen molar-refractivity contribution in [2.24, 2.45) is 0 Å². The van der Waals surface area contributed by atoms with E-state index in [1.54, 1.807) is 0 Å². The van der Waals surface area contributed by atoms with Crippen LogP contribution in [-0.4, -0.2) is 35.9 Å². The fraction of sp³-hybridized carbons (Fsp3) is 0.300. The second-order valence-corrected chi connectivity index (χ2v) is 6.09. The van der Waals surface area contributed by atoms with E-state index >= 15 is 0 Å². The van der Waals surface area contributed by atoms with Gasteiger partial charge in [-0.3, -0.25) is 0 Å². The molecule has 4 nitrogen and oxygen atoms in total. The summed E-state index contributed by atoms with van der Waals surface area (Å²) in [7, 11) is 0. The molecule has 0 aliphatic heterocycles. The molecule has 0 amide bonds. The molecule has 0 bridgehead atoms. The molecule has 0 fully saturated rings. The molecule has 1 heterocycles. The first-order chi connectivity index (χ1) is 11.7. The molecular weight excluding hydrogens is 300 g/mol. The van der Waals surface area contributed by atoms with Crippen LogP contribution >= 0.6 is 0 Å². The first kappa shape index (κ1) is 16.6. The van der Waals surface area contributed by atoms with E-state index < -0.39 is 6.10 Å². The molecule has 3 rings (SSSR count). The molecule has 0 saturated heterocycles. The Bertz CT molecular complexity index is 765. The molecule has 24 heavy (non-hydrogen) atoms. The number of hydrogen-bond acceptors (Lipinski definition) is 3. The van der Waals surface area contributed by atoms with Crippen molar-refractivity contribution >= 4 is 10.9 Å². The largest absolute Gasteiger partial charge is 0.491 e. The molecule has 0 spiro atoms. The van der Waals surface area contributed by atoms with Crippen molar-refractivity contribution in [1.29, 1.82) is 0 Å². The van der Waals surface area contributed by atoms with E-state index in [4.69, 9.17) is 4.74 Å². The van der Waals surface area contributed by atoms with Crippen LogP contribution in [-0.2, 0) is 6.42 Å². The Kier molecular flexibility index (Phi) is 5.51. The van der Waals surface area contributed by atoms with Gasteiger partial charge in [0.1, 0.15) is 18.5 Å². The summed E-state index contributed by atoms with van der Waals surface area (Å²) in [5.41, 5.74) is 3.66. The summed E-state index contributed by atoms with van der Waals surface area (Å²) in [5.74, 6) is 0.790. The highest BCUT2D eigenvalue weighted by molar-refractivity contribution is 5.83. The summed E-state index contributed by atoms with van der Waals surface area (Å²) in [4.78, 5) is 3.28. The second-order valence-electron chi connectivity index (χ2n) is 6.09. The standard InChI is InChI=1S/C20H24N2O2/c1-15-6-8-18(9-7-15)24-14-17(23)13-21-11-10-16-12-22-20-5-3-2-4-19(16)20/h2-9,12,17,21-23H,10-11,13-14H2,1H3. The lowest BCUT2D eigenvalue weighted by molar-refractivity contribution is 0.106. The molecule has 126 valence electrons. The van der Waals surface area contributed by atoms with Crippen LogP contribution in [0.5, 0.6) is 5.75 Å². The fourth-order valence-corrected chi connectivity index (χ4v) is 2.72. The number of para-hydroxylation sites is 1. The second kappa shape index (κ2) is 7.99. The summed E-state index contributed by atoms with van der Waals surface area (Å²) in [6.45, 7) is 3.68. The van der Waals surface area contributed by atoms with Crippen LogP contribution in [0.15, 0.2) is 54.7 Å². The Labute approximate surface area is 142 Å². The van der Waals surface area contributed by atoms with E-state index in [0.29, 0.717) is 13.2 Å². The molecule has 0 aliphatic carbocycles. The van der Waals surface area contributed by atoms with Crippen LogP contribution < -0.4 is 10.1 Å². The minimum Gasteiger partial charge on any atom is -0.491 e. The number of aryl methyl sites for hydroxylation is 1. The summed E-state index contributed by atoms with van der Waals surface area (Å²) in [5, 5.41) is 14.6. The van der Waals surface area contributed by atoms with Crippen molar-refractivity contribution in [3.05, 3.63) is 65.9 Å². The number of rotatable bonds is 8. The lowest BCUT2D eigenvalue weighted by Crippen LogP contribution is -2.32. The molecule has 2 aromatic carbocycles. The number of nitrogens with one attached hydrogen (secondary N) is 2. The molecule has 3 aromatic rings. The van der Waals surface area contributed by atoms with Gasteiger partial charge in [0.2, 0.25) is 0 Å². The average Bonchev–Trinajstić information content (AvgIpc) is 3.01. The van der Waals surface area contributed by atoms with Gasteiger partial charge in [0.05, 0.1) is 0 Å². The van der Waals surface area contributed by atoms with E-state index in [-0.39, 0.29) is 0 Å². The maximum atomic E-state index is 10.0. The van der Waals surface area contributed by atoms with Crippen LogP contribution in [0.25, 0.3) is 10.9 Å². The number of aromatic nitrogens is 1. The molecular formula is C20H24N2O2. The third-order valence-electron chi connectivity index (χ3n) is 4.09. The van der Waals surface area contributed by atoms with E-state index in [2.05, 4.69) is 34.7 Å². The van der Waals surface area contributed by atoms with E-state index in [9.17, 15) is 5.11 Å². The summed E-state index contributed by atoms with van der Waals surface area (Å²) in [6, 6.07) is 16.1. The zero-order valence-electron chi connectivity index (χ0n) is 14.0. The van der Waals surface area contributed by atoms with Crippen LogP contribution in [0.4, 0.5) is 0 Å². The number of aliphatic hydroxyl groups is 1. The number of benzene rings is 2. The molecule has 0 aliphatic rings. The van der Waals surface area contributed by atoms with E-state index in [1.807, 2.05) is 37.3 Å². The Morgan fingerprint density at radius 3 is 2.75 bits per heavy atom. The van der Waals surface area contributed by atoms with Gasteiger partial charge in [-0.05, 0) is 43.7 Å². The molecule has 1 aromatic heterocycles. The number of aliphatic hydroxyl groups excluding tert-OH is 1. The summed E-state index contributed by atoms with van der Waals surface area (Å²) >= 11 is 0. The van der Waals surface area contributed by atoms with Crippen LogP contribution in [0.3, 0.4) is 0 Å². The summed E-state index contributed by atoms with van der Waals surface area (Å²) in [6.07, 6.45) is 2.47. The van der Waals surface area contributed by atoms with Gasteiger partial charge < -0.3 is 20.1 Å². The smallest absolute Gasteiger partial charge is 0.119 e. The molecule has 1 atom stereocenters. The highest BCUT2D eigenvalue weighted by Gasteiger charge is 2.06. The highest BCUT2D eigenvalue weighted by Crippen LogP contribution is 2.17. The van der Waals surface area contributed by atoms with E-state index in [1.165, 1.54) is 22.0 Å². The maximum Gasteiger partial charge on any atom is 0.119 e. The average molecular weight is 324 g/mol. The van der Waals surface area contributed by atoms with Crippen molar-refractivity contribution in [2.45, 2.75) is 19.4 Å². The lowest BCUT2D eigenvalue weighted by atomic mass is 10.1. The quantitative estimate of drug-likeness (QED) is 0.558. The van der Waals surface area contributed by atoms with Gasteiger partial charge in [-0.1, -0.05) is 35.9 Å². The van der Waals surface area contributed by atoms with Gasteiger partial charge in [0.15, 0.2) is 0 Å². The number of ether oxygens (including phenoxy) is 1. The third kappa shape index (κ3) is 4.37. The predicted octanol–water partition coefficient (Wildman–Crippen LogP) is 3.05. The predicted molar refractivity (Wildman–Crippen MR) is 97.6 cm³/mol. The molecule has 1 unspecified atom stereocenters. The molecule has 0 saturated carbocycles. The number of aromatic amines is 1. The SMILES string of the molecule is Cc1ccc(OCC(O)CNCCc2c[nH]c3ccccc23)cc1. The number of fused-ring (bicyclic) bond motifs is 1. The van der Waals surface area contributed by atoms with Crippen LogP contribution in [0.1, 0.15) is 11.1 Å². The monoisotopic (exact) mass is 324 g/mol. The zero-order valence-corrected chi connectivity index (χ0v) is 14.0. The summed E-state index contributed by atoms with van der Waals surface area (Å²) < 4.78 is 5.59. The Balaban J connectivity index is 1.37. The lowest BCUT2D eigenvalue weighted by Gasteiger charge is -2.13. The number of hydrogen-bond donors (Lipinski definition) is 3. The molecule has 0 radical (unpaired) electrons. The molecule has 4 heteroatoms. The van der Waals surface area contributed by atoms with Crippen molar-refractivity contribution in [3.8, 4) is 5.75 Å². The highest BCUT2D eigenvalue weighted by atomic mass is 16.5. The Morgan fingerprint density at radius 2 is 1.92 bits per heavy atom. The zero-order chi connectivity index (χ0) is 16.8. The Morgan fingerprint density at radius 1 is 1.12 bits per heavy atom. The van der Waals surface area contributed by atoms with E-state index in [0.717, 1.165) is 18.7 Å². The van der Waals surface area contributed by atoms with Gasteiger partial charge in [0, 0.05) is 23.6 Å². The van der Waals surface area contributed by atoms with Crippen molar-refractivity contribution < 1.29 is 9.84 Å². The van der Waals surface area contributed by atoms with Crippen LogP contribution in [0.2, 0.25) is 0 Å². The fourth-order valence-electron chi connectivity index (χ4n) is 2.72. The topological polar surface area (TPSA) is 57.3 Å². The first-order valence-electron chi connectivity index (χ1n) is 8.35. The minimum absolute atomic E-state index is 0.295. The van der Waals surface area contributed by atoms with Crippen molar-refractivity contribution in [2.75, 3.05) is 19.7 Å². The first-order valence-corrected chi connectivity index (χ1v) is 8.35. The van der Waals surface area contributed by atoms with Gasteiger partial charge in [-0.15, -0.1) is 0 Å². The number of H-pyrrole nitrogens is 1.